The maximum Gasteiger partial charge on any atom is 0.321 e. The summed E-state index contributed by atoms with van der Waals surface area (Å²) in [5.41, 5.74) is 4.88. The number of rotatable bonds is 3. The first-order valence-electron chi connectivity index (χ1n) is 4.78. The lowest BCUT2D eigenvalue weighted by atomic mass is 9.77. The second-order valence-electron chi connectivity index (χ2n) is 4.21. The summed E-state index contributed by atoms with van der Waals surface area (Å²) < 4.78 is 0. The highest BCUT2D eigenvalue weighted by molar-refractivity contribution is 5.76. The number of phenolic OH excluding ortho intramolecular Hbond substituents is 2. The molecular weight excluding hydrogens is 210 g/mol. The Kier molecular flexibility index (Phi) is 3.09. The normalized spacial score (nSPS) is 13.4. The van der Waals surface area contributed by atoms with Gasteiger partial charge in [0, 0.05) is 11.0 Å². The predicted octanol–water partition coefficient (Wildman–Crippen LogP) is 0.787. The van der Waals surface area contributed by atoms with Crippen LogP contribution in [0.1, 0.15) is 19.4 Å². The number of nitrogens with two attached hydrogens (primary N) is 1. The molecule has 1 aromatic carbocycles. The van der Waals surface area contributed by atoms with Crippen LogP contribution in [0.15, 0.2) is 18.2 Å². The molecule has 88 valence electrons. The van der Waals surface area contributed by atoms with Crippen molar-refractivity contribution in [3.8, 4) is 11.5 Å². The maximum atomic E-state index is 10.8. The minimum Gasteiger partial charge on any atom is -0.504 e. The van der Waals surface area contributed by atoms with Gasteiger partial charge in [-0.05, 0) is 6.07 Å². The highest BCUT2D eigenvalue weighted by Gasteiger charge is 2.36. The van der Waals surface area contributed by atoms with Gasteiger partial charge in [0.2, 0.25) is 0 Å². The Morgan fingerprint density at radius 3 is 2.44 bits per heavy atom. The van der Waals surface area contributed by atoms with Gasteiger partial charge in [0.1, 0.15) is 6.04 Å². The van der Waals surface area contributed by atoms with Gasteiger partial charge in [-0.1, -0.05) is 26.0 Å². The second-order valence-corrected chi connectivity index (χ2v) is 4.21. The van der Waals surface area contributed by atoms with Crippen molar-refractivity contribution in [2.75, 3.05) is 0 Å². The maximum absolute atomic E-state index is 10.8. The van der Waals surface area contributed by atoms with Gasteiger partial charge in [0.25, 0.3) is 0 Å². The highest BCUT2D eigenvalue weighted by Crippen LogP contribution is 2.38. The molecule has 5 nitrogen and oxygen atoms in total. The van der Waals surface area contributed by atoms with Gasteiger partial charge in [-0.2, -0.15) is 0 Å². The molecule has 1 rings (SSSR count). The van der Waals surface area contributed by atoms with Crippen LogP contribution in [-0.4, -0.2) is 27.3 Å². The van der Waals surface area contributed by atoms with Crippen molar-refractivity contribution >= 4 is 5.97 Å². The van der Waals surface area contributed by atoms with Crippen LogP contribution in [0.5, 0.6) is 11.5 Å². The molecule has 5 N–H and O–H groups in total. The van der Waals surface area contributed by atoms with Crippen molar-refractivity contribution in [3.63, 3.8) is 0 Å². The molecule has 0 aromatic heterocycles. The molecule has 1 unspecified atom stereocenters. The van der Waals surface area contributed by atoms with Crippen molar-refractivity contribution in [1.29, 1.82) is 0 Å². The standard InChI is InChI=1S/C11H15NO4/c1-11(2,9(12)10(15)16)6-4-3-5-7(13)8(6)14/h3-5,9,13-14H,12H2,1-2H3,(H,15,16). The van der Waals surface area contributed by atoms with Crippen molar-refractivity contribution in [2.45, 2.75) is 25.3 Å². The third-order valence-electron chi connectivity index (χ3n) is 2.75. The van der Waals surface area contributed by atoms with Crippen LogP contribution in [0, 0.1) is 0 Å². The highest BCUT2D eigenvalue weighted by atomic mass is 16.4. The summed E-state index contributed by atoms with van der Waals surface area (Å²) in [6.45, 7) is 3.20. The van der Waals surface area contributed by atoms with E-state index >= 15 is 0 Å². The molecule has 1 aromatic rings. The molecule has 0 bridgehead atoms. The van der Waals surface area contributed by atoms with E-state index in [-0.39, 0.29) is 11.5 Å². The fourth-order valence-electron chi connectivity index (χ4n) is 1.53. The number of hydrogen-bond donors (Lipinski definition) is 4. The quantitative estimate of drug-likeness (QED) is 0.569. The number of hydrogen-bond acceptors (Lipinski definition) is 4. The summed E-state index contributed by atoms with van der Waals surface area (Å²) in [4.78, 5) is 10.8. The van der Waals surface area contributed by atoms with Crippen LogP contribution >= 0.6 is 0 Å². The number of para-hydroxylation sites is 1. The Balaban J connectivity index is 3.26. The van der Waals surface area contributed by atoms with E-state index in [1.807, 2.05) is 0 Å². The Bertz CT molecular complexity index is 414. The number of carboxylic acids is 1. The monoisotopic (exact) mass is 225 g/mol. The SMILES string of the molecule is CC(C)(c1cccc(O)c1O)C(N)C(=O)O. The minimum atomic E-state index is -1.17. The zero-order valence-corrected chi connectivity index (χ0v) is 9.14. The van der Waals surface area contributed by atoms with E-state index < -0.39 is 17.4 Å². The van der Waals surface area contributed by atoms with Gasteiger partial charge in [-0.25, -0.2) is 0 Å². The van der Waals surface area contributed by atoms with Crippen LogP contribution < -0.4 is 5.73 Å². The Labute approximate surface area is 93.1 Å². The molecule has 0 heterocycles. The van der Waals surface area contributed by atoms with E-state index in [0.29, 0.717) is 5.56 Å². The summed E-state index contributed by atoms with van der Waals surface area (Å²) in [5.74, 6) is -1.78. The number of phenols is 2. The number of carboxylic acid groups (broad SMARTS) is 1. The van der Waals surface area contributed by atoms with Crippen molar-refractivity contribution in [1.82, 2.24) is 0 Å². The molecule has 0 fully saturated rings. The van der Waals surface area contributed by atoms with Crippen molar-refractivity contribution in [3.05, 3.63) is 23.8 Å². The van der Waals surface area contributed by atoms with E-state index in [1.54, 1.807) is 13.8 Å². The molecule has 0 saturated heterocycles. The number of benzene rings is 1. The van der Waals surface area contributed by atoms with E-state index in [2.05, 4.69) is 0 Å². The number of aliphatic carboxylic acids is 1. The average molecular weight is 225 g/mol. The Morgan fingerprint density at radius 2 is 1.94 bits per heavy atom. The number of carbonyl (C=O) groups is 1. The molecule has 0 spiro atoms. The van der Waals surface area contributed by atoms with Crippen molar-refractivity contribution < 1.29 is 20.1 Å². The zero-order chi connectivity index (χ0) is 12.5. The average Bonchev–Trinajstić information content (AvgIpc) is 2.20. The molecular formula is C11H15NO4. The van der Waals surface area contributed by atoms with Crippen LogP contribution in [0.3, 0.4) is 0 Å². The van der Waals surface area contributed by atoms with Gasteiger partial charge in [-0.3, -0.25) is 4.79 Å². The van der Waals surface area contributed by atoms with Crippen molar-refractivity contribution in [2.24, 2.45) is 5.73 Å². The molecule has 0 saturated carbocycles. The van der Waals surface area contributed by atoms with E-state index in [9.17, 15) is 15.0 Å². The number of aromatic hydroxyl groups is 2. The Hall–Kier alpha value is -1.75. The van der Waals surface area contributed by atoms with Crippen LogP contribution in [0.2, 0.25) is 0 Å². The lowest BCUT2D eigenvalue weighted by Gasteiger charge is -2.29. The largest absolute Gasteiger partial charge is 0.504 e. The van der Waals surface area contributed by atoms with Gasteiger partial charge in [-0.15, -0.1) is 0 Å². The summed E-state index contributed by atoms with van der Waals surface area (Å²) in [6.07, 6.45) is 0. The van der Waals surface area contributed by atoms with Gasteiger partial charge in [0.15, 0.2) is 11.5 Å². The molecule has 0 aliphatic rings. The minimum absolute atomic E-state index is 0.289. The van der Waals surface area contributed by atoms with Crippen LogP contribution in [-0.2, 0) is 10.2 Å². The van der Waals surface area contributed by atoms with Crippen LogP contribution in [0.4, 0.5) is 0 Å². The fraction of sp³-hybridized carbons (Fsp3) is 0.364. The van der Waals surface area contributed by atoms with E-state index in [1.165, 1.54) is 18.2 Å². The molecule has 0 aliphatic carbocycles. The molecule has 0 aliphatic heterocycles. The lowest BCUT2D eigenvalue weighted by Crippen LogP contribution is -2.46. The topological polar surface area (TPSA) is 104 Å². The first-order valence-corrected chi connectivity index (χ1v) is 4.78. The smallest absolute Gasteiger partial charge is 0.321 e. The molecule has 5 heteroatoms. The zero-order valence-electron chi connectivity index (χ0n) is 9.14. The van der Waals surface area contributed by atoms with Gasteiger partial charge < -0.3 is 21.1 Å². The summed E-state index contributed by atoms with van der Waals surface area (Å²) >= 11 is 0. The summed E-state index contributed by atoms with van der Waals surface area (Å²) in [6, 6.07) is 3.22. The third-order valence-corrected chi connectivity index (χ3v) is 2.75. The summed E-state index contributed by atoms with van der Waals surface area (Å²) in [5, 5.41) is 27.9. The third kappa shape index (κ3) is 1.94. The van der Waals surface area contributed by atoms with Gasteiger partial charge >= 0.3 is 5.97 Å². The van der Waals surface area contributed by atoms with E-state index in [0.717, 1.165) is 0 Å². The molecule has 16 heavy (non-hydrogen) atoms. The predicted molar refractivity (Wildman–Crippen MR) is 58.4 cm³/mol. The summed E-state index contributed by atoms with van der Waals surface area (Å²) in [7, 11) is 0. The van der Waals surface area contributed by atoms with Crippen LogP contribution in [0.25, 0.3) is 0 Å². The second kappa shape index (κ2) is 4.02. The molecule has 0 radical (unpaired) electrons. The van der Waals surface area contributed by atoms with Gasteiger partial charge in [0.05, 0.1) is 0 Å². The molecule has 1 atom stereocenters. The first-order chi connectivity index (χ1) is 7.28. The lowest BCUT2D eigenvalue weighted by molar-refractivity contribution is -0.140. The molecule has 0 amide bonds. The van der Waals surface area contributed by atoms with E-state index in [4.69, 9.17) is 10.8 Å². The first kappa shape index (κ1) is 12.3. The fourth-order valence-corrected chi connectivity index (χ4v) is 1.53. The Morgan fingerprint density at radius 1 is 1.38 bits per heavy atom.